The Balaban J connectivity index is 1.23. The van der Waals surface area contributed by atoms with Crippen molar-refractivity contribution in [2.24, 2.45) is 0 Å². The van der Waals surface area contributed by atoms with Crippen LogP contribution >= 0.6 is 0 Å². The average Bonchev–Trinajstić information content (AvgIpc) is 3.67. The lowest BCUT2D eigenvalue weighted by atomic mass is 9.98. The molecule has 47 heavy (non-hydrogen) atoms. The van der Waals surface area contributed by atoms with Gasteiger partial charge in [-0.15, -0.1) is 0 Å². The van der Waals surface area contributed by atoms with Crippen LogP contribution in [-0.2, 0) is 39.1 Å². The van der Waals surface area contributed by atoms with Crippen LogP contribution in [0.1, 0.15) is 34.8 Å². The zero-order chi connectivity index (χ0) is 32.9. The van der Waals surface area contributed by atoms with Crippen molar-refractivity contribution in [1.82, 2.24) is 38.6 Å². The molecule has 2 aliphatic heterocycles. The van der Waals surface area contributed by atoms with E-state index in [2.05, 4.69) is 20.3 Å². The molecule has 0 spiro atoms. The maximum atomic E-state index is 14.2. The van der Waals surface area contributed by atoms with Crippen molar-refractivity contribution in [3.05, 3.63) is 78.1 Å². The standard InChI is InChI=1S/C32H32N8O6S/c1-3-30(42)39-14-21(15-39)36-29(41)17-38-16-25(32(43)37-10-9-23-20(13-37)5-4-6-28(23)46-2)24-11-22(7-8-27(24)38)47(44,45)40-19-35-26-12-33-18-34-31(26)40/h4-8,11-12,16,18-19,21H,3,9-10,13-15,17H2,1-2H3,(H,36,41). The number of nitrogens with zero attached hydrogens (tertiary/aromatic N) is 7. The number of imidazole rings is 1. The summed E-state index contributed by atoms with van der Waals surface area (Å²) in [5.74, 6) is 0.245. The largest absolute Gasteiger partial charge is 0.496 e. The molecular weight excluding hydrogens is 624 g/mol. The SMILES string of the molecule is CCC(=O)N1CC(NC(=O)Cn2cc(C(=O)N3CCc4c(cccc4OC)C3)c3cc(S(=O)(=O)n4cnc5cncnc54)ccc32)C1. The molecule has 1 fully saturated rings. The van der Waals surface area contributed by atoms with Crippen molar-refractivity contribution >= 4 is 49.8 Å². The number of aromatic nitrogens is 5. The molecule has 5 aromatic rings. The lowest BCUT2D eigenvalue weighted by molar-refractivity contribution is -0.137. The van der Waals surface area contributed by atoms with Gasteiger partial charge in [-0.05, 0) is 36.2 Å². The van der Waals surface area contributed by atoms with E-state index in [-0.39, 0.29) is 46.4 Å². The number of ether oxygens (including phenoxy) is 1. The number of carbonyl (C=O) groups is 3. The fourth-order valence-electron chi connectivity index (χ4n) is 6.31. The van der Waals surface area contributed by atoms with Crippen molar-refractivity contribution in [2.75, 3.05) is 26.7 Å². The van der Waals surface area contributed by atoms with Gasteiger partial charge in [0, 0.05) is 55.3 Å². The number of methoxy groups -OCH3 is 1. The van der Waals surface area contributed by atoms with Gasteiger partial charge in [-0.2, -0.15) is 0 Å². The second-order valence-corrected chi connectivity index (χ2v) is 13.4. The van der Waals surface area contributed by atoms with Crippen LogP contribution in [0.2, 0.25) is 0 Å². The number of benzene rings is 2. The van der Waals surface area contributed by atoms with E-state index in [1.54, 1.807) is 40.7 Å². The summed E-state index contributed by atoms with van der Waals surface area (Å²) in [6.45, 7) is 3.39. The predicted molar refractivity (Wildman–Crippen MR) is 170 cm³/mol. The zero-order valence-electron chi connectivity index (χ0n) is 25.8. The minimum absolute atomic E-state index is 0.0377. The first kappa shape index (κ1) is 30.3. The highest BCUT2D eigenvalue weighted by Crippen LogP contribution is 2.32. The molecule has 7 rings (SSSR count). The molecular formula is C32H32N8O6S. The van der Waals surface area contributed by atoms with Gasteiger partial charge in [0.2, 0.25) is 11.8 Å². The van der Waals surface area contributed by atoms with Gasteiger partial charge in [-0.3, -0.25) is 14.4 Å². The van der Waals surface area contributed by atoms with Crippen LogP contribution in [0, 0.1) is 0 Å². The van der Waals surface area contributed by atoms with Gasteiger partial charge in [0.1, 0.15) is 30.5 Å². The molecule has 3 amide bonds. The van der Waals surface area contributed by atoms with Gasteiger partial charge in [-0.25, -0.2) is 27.3 Å². The van der Waals surface area contributed by atoms with Crippen LogP contribution < -0.4 is 10.1 Å². The summed E-state index contributed by atoms with van der Waals surface area (Å²) in [5, 5.41) is 3.35. The second kappa shape index (κ2) is 11.8. The highest BCUT2D eigenvalue weighted by molar-refractivity contribution is 7.90. The summed E-state index contributed by atoms with van der Waals surface area (Å²) in [6.07, 6.45) is 6.46. The first-order chi connectivity index (χ1) is 22.7. The van der Waals surface area contributed by atoms with E-state index >= 15 is 0 Å². The molecule has 5 heterocycles. The highest BCUT2D eigenvalue weighted by Gasteiger charge is 2.32. The highest BCUT2D eigenvalue weighted by atomic mass is 32.2. The maximum absolute atomic E-state index is 14.2. The van der Waals surface area contributed by atoms with Crippen molar-refractivity contribution in [1.29, 1.82) is 0 Å². The Hall–Kier alpha value is -5.31. The molecule has 1 N–H and O–H groups in total. The molecule has 14 nitrogen and oxygen atoms in total. The Bertz CT molecular complexity index is 2170. The summed E-state index contributed by atoms with van der Waals surface area (Å²) >= 11 is 0. The fourth-order valence-corrected chi connectivity index (χ4v) is 7.58. The quantitative estimate of drug-likeness (QED) is 0.263. The third kappa shape index (κ3) is 5.35. The van der Waals surface area contributed by atoms with Crippen LogP contribution in [-0.4, -0.2) is 92.2 Å². The molecule has 1 saturated heterocycles. The molecule has 0 unspecified atom stereocenters. The lowest BCUT2D eigenvalue weighted by Crippen LogP contribution is -2.61. The Labute approximate surface area is 270 Å². The van der Waals surface area contributed by atoms with Gasteiger partial charge in [-0.1, -0.05) is 19.1 Å². The van der Waals surface area contributed by atoms with Gasteiger partial charge in [0.25, 0.3) is 15.9 Å². The van der Waals surface area contributed by atoms with Gasteiger partial charge in [0.15, 0.2) is 5.65 Å². The number of amides is 3. The van der Waals surface area contributed by atoms with Crippen molar-refractivity contribution in [3.63, 3.8) is 0 Å². The van der Waals surface area contributed by atoms with E-state index in [1.165, 1.54) is 31.0 Å². The Kier molecular flexibility index (Phi) is 7.62. The molecule has 2 aliphatic rings. The first-order valence-electron chi connectivity index (χ1n) is 15.2. The Morgan fingerprint density at radius 3 is 2.70 bits per heavy atom. The maximum Gasteiger partial charge on any atom is 0.270 e. The topological polar surface area (TPSA) is 162 Å². The van der Waals surface area contributed by atoms with Gasteiger partial charge >= 0.3 is 0 Å². The van der Waals surface area contributed by atoms with E-state index in [0.717, 1.165) is 20.8 Å². The molecule has 3 aromatic heterocycles. The molecule has 0 aliphatic carbocycles. The van der Waals surface area contributed by atoms with E-state index in [4.69, 9.17) is 4.74 Å². The van der Waals surface area contributed by atoms with Crippen LogP contribution in [0.3, 0.4) is 0 Å². The number of carbonyl (C=O) groups excluding carboxylic acids is 3. The molecule has 242 valence electrons. The average molecular weight is 657 g/mol. The second-order valence-electron chi connectivity index (χ2n) is 11.6. The van der Waals surface area contributed by atoms with Crippen LogP contribution in [0.25, 0.3) is 22.1 Å². The smallest absolute Gasteiger partial charge is 0.270 e. The zero-order valence-corrected chi connectivity index (χ0v) is 26.6. The number of hydrogen-bond donors (Lipinski definition) is 1. The summed E-state index contributed by atoms with van der Waals surface area (Å²) < 4.78 is 35.8. The van der Waals surface area contributed by atoms with Crippen LogP contribution in [0.15, 0.2) is 66.3 Å². The third-order valence-corrected chi connectivity index (χ3v) is 10.4. The number of nitrogens with one attached hydrogen (secondary N) is 1. The molecule has 0 saturated carbocycles. The molecule has 15 heteroatoms. The molecule has 0 radical (unpaired) electrons. The van der Waals surface area contributed by atoms with Crippen LogP contribution in [0.5, 0.6) is 5.75 Å². The van der Waals surface area contributed by atoms with Crippen molar-refractivity contribution < 1.29 is 27.5 Å². The minimum atomic E-state index is -4.16. The van der Waals surface area contributed by atoms with Crippen molar-refractivity contribution in [3.8, 4) is 5.75 Å². The normalized spacial score (nSPS) is 15.0. The van der Waals surface area contributed by atoms with Crippen molar-refractivity contribution in [2.45, 2.75) is 43.8 Å². The summed E-state index contributed by atoms with van der Waals surface area (Å²) in [5.41, 5.74) is 3.27. The first-order valence-corrected chi connectivity index (χ1v) is 16.6. The number of fused-ring (bicyclic) bond motifs is 3. The number of rotatable bonds is 8. The minimum Gasteiger partial charge on any atom is -0.496 e. The van der Waals surface area contributed by atoms with Gasteiger partial charge < -0.3 is 24.4 Å². The molecule has 0 atom stereocenters. The summed E-state index contributed by atoms with van der Waals surface area (Å²) in [4.78, 5) is 54.7. The Morgan fingerprint density at radius 2 is 1.91 bits per heavy atom. The summed E-state index contributed by atoms with van der Waals surface area (Å²) in [7, 11) is -2.54. The van der Waals surface area contributed by atoms with E-state index in [1.807, 2.05) is 18.2 Å². The van der Waals surface area contributed by atoms with E-state index in [9.17, 15) is 22.8 Å². The van der Waals surface area contributed by atoms with Crippen LogP contribution in [0.4, 0.5) is 0 Å². The third-order valence-electron chi connectivity index (χ3n) is 8.77. The van der Waals surface area contributed by atoms with E-state index in [0.29, 0.717) is 55.4 Å². The lowest BCUT2D eigenvalue weighted by Gasteiger charge is -2.39. The fraction of sp³-hybridized carbons (Fsp3) is 0.312. The Morgan fingerprint density at radius 1 is 1.09 bits per heavy atom. The number of hydrogen-bond acceptors (Lipinski definition) is 9. The monoisotopic (exact) mass is 656 g/mol. The molecule has 0 bridgehead atoms. The summed E-state index contributed by atoms with van der Waals surface area (Å²) in [6, 6.07) is 10.1. The van der Waals surface area contributed by atoms with Gasteiger partial charge in [0.05, 0.1) is 29.8 Å². The molecule has 2 aromatic carbocycles. The van der Waals surface area contributed by atoms with E-state index < -0.39 is 10.0 Å². The number of likely N-dealkylation sites (tertiary alicyclic amines) is 1. The predicted octanol–water partition coefficient (Wildman–Crippen LogP) is 1.96.